The summed E-state index contributed by atoms with van der Waals surface area (Å²) in [5.41, 5.74) is 1.18. The molecule has 4 nitrogen and oxygen atoms in total. The number of hydrogen-bond donors (Lipinski definition) is 1. The number of aryl methyl sites for hydroxylation is 1. The van der Waals surface area contributed by atoms with E-state index in [0.29, 0.717) is 6.61 Å². The predicted octanol–water partition coefficient (Wildman–Crippen LogP) is 2.70. The van der Waals surface area contributed by atoms with Gasteiger partial charge >= 0.3 is 5.97 Å². The second-order valence-electron chi connectivity index (χ2n) is 5.45. The largest absolute Gasteiger partial charge is 0.492 e. The van der Waals surface area contributed by atoms with Crippen LogP contribution in [0.1, 0.15) is 31.2 Å². The average molecular weight is 277 g/mol. The van der Waals surface area contributed by atoms with Crippen molar-refractivity contribution in [3.8, 4) is 5.75 Å². The lowest BCUT2D eigenvalue weighted by atomic mass is 9.99. The van der Waals surface area contributed by atoms with Gasteiger partial charge in [0.2, 0.25) is 0 Å². The first kappa shape index (κ1) is 14.9. The van der Waals surface area contributed by atoms with E-state index < -0.39 is 5.97 Å². The molecular weight excluding hydrogens is 254 g/mol. The average Bonchev–Trinajstić information content (AvgIpc) is 2.40. The lowest BCUT2D eigenvalue weighted by Gasteiger charge is -2.34. The number of benzene rings is 1. The van der Waals surface area contributed by atoms with E-state index in [9.17, 15) is 4.79 Å². The molecule has 1 saturated heterocycles. The molecule has 1 unspecified atom stereocenters. The van der Waals surface area contributed by atoms with Crippen molar-refractivity contribution in [3.63, 3.8) is 0 Å². The fourth-order valence-corrected chi connectivity index (χ4v) is 2.77. The first-order chi connectivity index (χ1) is 9.65. The zero-order valence-corrected chi connectivity index (χ0v) is 12.0. The van der Waals surface area contributed by atoms with Gasteiger partial charge in [-0.3, -0.25) is 9.69 Å². The molecule has 1 aromatic rings. The maximum Gasteiger partial charge on any atom is 0.304 e. The summed E-state index contributed by atoms with van der Waals surface area (Å²) in [4.78, 5) is 13.1. The molecule has 1 heterocycles. The van der Waals surface area contributed by atoms with Crippen LogP contribution < -0.4 is 4.74 Å². The quantitative estimate of drug-likeness (QED) is 0.868. The van der Waals surface area contributed by atoms with Gasteiger partial charge in [0.1, 0.15) is 12.4 Å². The molecule has 0 spiro atoms. The van der Waals surface area contributed by atoms with Crippen LogP contribution in [0.3, 0.4) is 0 Å². The van der Waals surface area contributed by atoms with Crippen LogP contribution in [-0.4, -0.2) is 41.7 Å². The molecule has 20 heavy (non-hydrogen) atoms. The lowest BCUT2D eigenvalue weighted by Crippen LogP contribution is -2.42. The van der Waals surface area contributed by atoms with Gasteiger partial charge in [0.05, 0.1) is 6.42 Å². The van der Waals surface area contributed by atoms with Crippen molar-refractivity contribution in [2.75, 3.05) is 19.7 Å². The van der Waals surface area contributed by atoms with Gasteiger partial charge < -0.3 is 9.84 Å². The zero-order chi connectivity index (χ0) is 14.4. The van der Waals surface area contributed by atoms with Crippen molar-refractivity contribution in [1.82, 2.24) is 4.90 Å². The maximum atomic E-state index is 10.9. The van der Waals surface area contributed by atoms with Gasteiger partial charge in [-0.2, -0.15) is 0 Å². The Morgan fingerprint density at radius 3 is 3.05 bits per heavy atom. The Labute approximate surface area is 120 Å². The van der Waals surface area contributed by atoms with E-state index in [2.05, 4.69) is 4.90 Å². The van der Waals surface area contributed by atoms with Gasteiger partial charge in [-0.15, -0.1) is 0 Å². The fourth-order valence-electron chi connectivity index (χ4n) is 2.77. The molecule has 0 saturated carbocycles. The van der Waals surface area contributed by atoms with Crippen LogP contribution in [0, 0.1) is 6.92 Å². The van der Waals surface area contributed by atoms with Gasteiger partial charge in [0.25, 0.3) is 0 Å². The minimum atomic E-state index is -0.707. The molecule has 1 N–H and O–H groups in total. The normalized spacial score (nSPS) is 19.8. The molecule has 0 bridgehead atoms. The Morgan fingerprint density at radius 1 is 1.45 bits per heavy atom. The van der Waals surface area contributed by atoms with Gasteiger partial charge in [-0.05, 0) is 44.0 Å². The van der Waals surface area contributed by atoms with E-state index >= 15 is 0 Å². The number of carboxylic acid groups (broad SMARTS) is 1. The number of ether oxygens (including phenoxy) is 1. The molecule has 0 aliphatic carbocycles. The Kier molecular flexibility index (Phi) is 5.41. The molecule has 110 valence electrons. The van der Waals surface area contributed by atoms with Gasteiger partial charge in [-0.25, -0.2) is 0 Å². The number of carboxylic acids is 1. The third-order valence-corrected chi connectivity index (χ3v) is 3.80. The second-order valence-corrected chi connectivity index (χ2v) is 5.45. The molecule has 4 heteroatoms. The summed E-state index contributed by atoms with van der Waals surface area (Å²) < 4.78 is 5.75. The minimum absolute atomic E-state index is 0.169. The smallest absolute Gasteiger partial charge is 0.304 e. The summed E-state index contributed by atoms with van der Waals surface area (Å²) >= 11 is 0. The highest BCUT2D eigenvalue weighted by molar-refractivity contribution is 5.67. The Bertz CT molecular complexity index is 447. The maximum absolute atomic E-state index is 10.9. The third-order valence-electron chi connectivity index (χ3n) is 3.80. The van der Waals surface area contributed by atoms with Crippen LogP contribution in [0.2, 0.25) is 0 Å². The first-order valence-electron chi connectivity index (χ1n) is 7.30. The number of aliphatic carboxylic acids is 1. The van der Waals surface area contributed by atoms with Crippen LogP contribution in [0.25, 0.3) is 0 Å². The molecular formula is C16H23NO3. The van der Waals surface area contributed by atoms with Crippen LogP contribution in [0.4, 0.5) is 0 Å². The summed E-state index contributed by atoms with van der Waals surface area (Å²) in [5.74, 6) is 0.179. The van der Waals surface area contributed by atoms with Gasteiger partial charge in [-0.1, -0.05) is 18.6 Å². The van der Waals surface area contributed by atoms with E-state index in [-0.39, 0.29) is 12.5 Å². The summed E-state index contributed by atoms with van der Waals surface area (Å²) in [6.45, 7) is 4.43. The molecule has 1 atom stereocenters. The van der Waals surface area contributed by atoms with Crippen LogP contribution in [-0.2, 0) is 4.79 Å². The summed E-state index contributed by atoms with van der Waals surface area (Å²) in [6.07, 6.45) is 3.51. The molecule has 1 aromatic carbocycles. The molecule has 0 amide bonds. The number of nitrogens with zero attached hydrogens (tertiary/aromatic N) is 1. The zero-order valence-electron chi connectivity index (χ0n) is 12.0. The fraction of sp³-hybridized carbons (Fsp3) is 0.562. The summed E-state index contributed by atoms with van der Waals surface area (Å²) in [7, 11) is 0. The number of rotatable bonds is 6. The van der Waals surface area contributed by atoms with E-state index in [0.717, 1.165) is 38.1 Å². The highest BCUT2D eigenvalue weighted by Gasteiger charge is 2.24. The van der Waals surface area contributed by atoms with E-state index in [1.165, 1.54) is 5.56 Å². The second kappa shape index (κ2) is 7.29. The predicted molar refractivity (Wildman–Crippen MR) is 78.1 cm³/mol. The first-order valence-corrected chi connectivity index (χ1v) is 7.30. The van der Waals surface area contributed by atoms with Crippen molar-refractivity contribution in [2.24, 2.45) is 0 Å². The Balaban J connectivity index is 1.80. The highest BCUT2D eigenvalue weighted by Crippen LogP contribution is 2.19. The number of hydrogen-bond acceptors (Lipinski definition) is 3. The van der Waals surface area contributed by atoms with Crippen molar-refractivity contribution >= 4 is 5.97 Å². The molecule has 0 aromatic heterocycles. The molecule has 1 fully saturated rings. The van der Waals surface area contributed by atoms with Gasteiger partial charge in [0, 0.05) is 12.6 Å². The van der Waals surface area contributed by atoms with Crippen LogP contribution in [0.5, 0.6) is 5.75 Å². The topological polar surface area (TPSA) is 49.8 Å². The standard InChI is InChI=1S/C16H23NO3/c1-13-5-4-7-15(11-13)20-10-9-17-8-3-2-6-14(17)12-16(18)19/h4-5,7,11,14H,2-3,6,8-10,12H2,1H3,(H,18,19). The monoisotopic (exact) mass is 277 g/mol. The third kappa shape index (κ3) is 4.53. The Hall–Kier alpha value is -1.55. The number of carbonyl (C=O) groups is 1. The van der Waals surface area contributed by atoms with E-state index in [4.69, 9.17) is 9.84 Å². The Morgan fingerprint density at radius 2 is 2.30 bits per heavy atom. The number of piperidine rings is 1. The van der Waals surface area contributed by atoms with Crippen molar-refractivity contribution in [3.05, 3.63) is 29.8 Å². The highest BCUT2D eigenvalue weighted by atomic mass is 16.5. The van der Waals surface area contributed by atoms with Crippen molar-refractivity contribution in [2.45, 2.75) is 38.6 Å². The lowest BCUT2D eigenvalue weighted by molar-refractivity contribution is -0.138. The summed E-state index contributed by atoms with van der Waals surface area (Å²) in [5, 5.41) is 8.96. The van der Waals surface area contributed by atoms with Crippen molar-refractivity contribution in [1.29, 1.82) is 0 Å². The van der Waals surface area contributed by atoms with Crippen molar-refractivity contribution < 1.29 is 14.6 Å². The van der Waals surface area contributed by atoms with E-state index in [1.54, 1.807) is 0 Å². The molecule has 2 rings (SSSR count). The molecule has 1 aliphatic rings. The SMILES string of the molecule is Cc1cccc(OCCN2CCCCC2CC(=O)O)c1. The minimum Gasteiger partial charge on any atom is -0.492 e. The molecule has 0 radical (unpaired) electrons. The van der Waals surface area contributed by atoms with Crippen LogP contribution in [0.15, 0.2) is 24.3 Å². The van der Waals surface area contributed by atoms with Gasteiger partial charge in [0.15, 0.2) is 0 Å². The van der Waals surface area contributed by atoms with E-state index in [1.807, 2.05) is 31.2 Å². The van der Waals surface area contributed by atoms with Crippen LogP contribution >= 0.6 is 0 Å². The summed E-state index contributed by atoms with van der Waals surface area (Å²) in [6, 6.07) is 8.17. The number of likely N-dealkylation sites (tertiary alicyclic amines) is 1. The molecule has 1 aliphatic heterocycles.